The average molecular weight is 520 g/mol. The molecule has 35 heavy (non-hydrogen) atoms. The fourth-order valence-corrected chi connectivity index (χ4v) is 7.09. The number of furan rings is 1. The van der Waals surface area contributed by atoms with E-state index in [1.807, 2.05) is 46.5 Å². The zero-order chi connectivity index (χ0) is 23.3. The quantitative estimate of drug-likeness (QED) is 0.314. The van der Waals surface area contributed by atoms with Gasteiger partial charge in [-0.1, -0.05) is 0 Å². The normalized spacial score (nSPS) is 24.3. The molecule has 174 valence electrons. The second-order valence-corrected chi connectivity index (χ2v) is 10.3. The van der Waals surface area contributed by atoms with Crippen LogP contribution in [0.3, 0.4) is 0 Å². The maximum absolute atomic E-state index is 7.20. The van der Waals surface area contributed by atoms with Gasteiger partial charge in [-0.3, -0.25) is 5.10 Å². The largest absolute Gasteiger partial charge is 0.466 e. The van der Waals surface area contributed by atoms with E-state index in [9.17, 15) is 0 Å². The van der Waals surface area contributed by atoms with Crippen molar-refractivity contribution in [1.29, 1.82) is 0 Å². The van der Waals surface area contributed by atoms with Crippen molar-refractivity contribution in [1.82, 2.24) is 29.5 Å². The van der Waals surface area contributed by atoms with Crippen LogP contribution in [0.25, 0.3) is 0 Å². The van der Waals surface area contributed by atoms with E-state index < -0.39 is 17.4 Å². The maximum atomic E-state index is 7.20. The highest BCUT2D eigenvalue weighted by molar-refractivity contribution is 7.14. The third-order valence-corrected chi connectivity index (χ3v) is 8.44. The molecule has 12 heteroatoms. The van der Waals surface area contributed by atoms with Crippen molar-refractivity contribution in [3.8, 4) is 0 Å². The number of nitrogens with one attached hydrogen (secondary N) is 2. The van der Waals surface area contributed by atoms with Gasteiger partial charge >= 0.3 is 0 Å². The summed E-state index contributed by atoms with van der Waals surface area (Å²) in [6, 6.07) is 11.8. The van der Waals surface area contributed by atoms with Crippen molar-refractivity contribution in [2.24, 2.45) is 0 Å². The molecule has 3 unspecified atom stereocenters. The molecule has 0 amide bonds. The molecule has 0 saturated carbocycles. The first-order chi connectivity index (χ1) is 17.3. The van der Waals surface area contributed by atoms with E-state index in [0.717, 1.165) is 15.7 Å². The third-order valence-electron chi connectivity index (χ3n) is 6.13. The summed E-state index contributed by atoms with van der Waals surface area (Å²) < 4.78 is 18.2. The highest BCUT2D eigenvalue weighted by Gasteiger charge is 2.70. The van der Waals surface area contributed by atoms with Crippen LogP contribution in [-0.2, 0) is 16.0 Å². The van der Waals surface area contributed by atoms with Crippen LogP contribution in [0.5, 0.6) is 0 Å². The van der Waals surface area contributed by atoms with Gasteiger partial charge in [-0.15, -0.1) is 22.7 Å². The van der Waals surface area contributed by atoms with Crippen molar-refractivity contribution in [3.63, 3.8) is 0 Å². The van der Waals surface area contributed by atoms with E-state index in [0.29, 0.717) is 17.3 Å². The van der Waals surface area contributed by atoms with Crippen LogP contribution in [-0.4, -0.2) is 29.5 Å². The van der Waals surface area contributed by atoms with Crippen LogP contribution in [0.15, 0.2) is 88.0 Å². The SMILES string of the molecule is c1coc(C2(c3nccs3)C(c3ccn[nH]3)OC(c3ccsn3)(c3ncc[nH]3)N2c2cccs2)c1. The number of H-pyrrole nitrogens is 2. The molecule has 3 atom stereocenters. The number of thiophene rings is 1. The highest BCUT2D eigenvalue weighted by atomic mass is 32.1. The van der Waals surface area contributed by atoms with E-state index in [2.05, 4.69) is 26.1 Å². The van der Waals surface area contributed by atoms with Gasteiger partial charge in [0.05, 0.1) is 17.0 Å². The Morgan fingerprint density at radius 3 is 2.63 bits per heavy atom. The lowest BCUT2D eigenvalue weighted by molar-refractivity contribution is -0.0335. The monoisotopic (exact) mass is 519 g/mol. The van der Waals surface area contributed by atoms with E-state index in [1.165, 1.54) is 11.5 Å². The lowest BCUT2D eigenvalue weighted by Crippen LogP contribution is -2.54. The molecule has 0 aliphatic carbocycles. The molecule has 6 aromatic heterocycles. The van der Waals surface area contributed by atoms with Gasteiger partial charge in [0.2, 0.25) is 5.72 Å². The number of rotatable bonds is 6. The molecule has 9 nitrogen and oxygen atoms in total. The van der Waals surface area contributed by atoms with Crippen molar-refractivity contribution in [2.75, 3.05) is 4.90 Å². The number of nitrogens with zero attached hydrogens (tertiary/aromatic N) is 5. The van der Waals surface area contributed by atoms with Crippen LogP contribution in [0, 0.1) is 0 Å². The van der Waals surface area contributed by atoms with Crippen LogP contribution in [0.1, 0.15) is 34.1 Å². The van der Waals surface area contributed by atoms with E-state index >= 15 is 0 Å². The zero-order valence-corrected chi connectivity index (χ0v) is 20.4. The zero-order valence-electron chi connectivity index (χ0n) is 17.9. The Bertz CT molecular complexity index is 1410. The Balaban J connectivity index is 1.65. The molecule has 1 fully saturated rings. The topological polar surface area (TPSA) is 109 Å². The first-order valence-electron chi connectivity index (χ1n) is 10.7. The van der Waals surface area contributed by atoms with Crippen molar-refractivity contribution in [3.05, 3.63) is 112 Å². The number of hydrogen-bond acceptors (Lipinski definition) is 10. The fraction of sp³-hybridized carbons (Fsp3) is 0.130. The second-order valence-electron chi connectivity index (χ2n) is 7.84. The summed E-state index contributed by atoms with van der Waals surface area (Å²) in [5, 5.41) is 15.1. The molecular weight excluding hydrogens is 503 g/mol. The molecule has 2 N–H and O–H groups in total. The summed E-state index contributed by atoms with van der Waals surface area (Å²) in [6.07, 6.45) is 8.12. The smallest absolute Gasteiger partial charge is 0.248 e. The first kappa shape index (κ1) is 20.8. The van der Waals surface area contributed by atoms with Crippen LogP contribution in [0.2, 0.25) is 0 Å². The molecule has 0 aromatic carbocycles. The molecule has 0 radical (unpaired) electrons. The highest BCUT2D eigenvalue weighted by Crippen LogP contribution is 2.63. The van der Waals surface area contributed by atoms with Gasteiger partial charge in [0.25, 0.3) is 0 Å². The summed E-state index contributed by atoms with van der Waals surface area (Å²) in [6.45, 7) is 0. The van der Waals surface area contributed by atoms with Gasteiger partial charge in [-0.05, 0) is 53.3 Å². The standard InChI is InChI=1S/C23H17N7O2S3/c1-3-17(31-11-1)22(21-26-10-14-34-21)19(15-5-7-27-28-15)32-23(16-6-13-35-29-16,20-24-8-9-25-20)30(22)18-4-2-12-33-18/h1-14,19H,(H,24,25)(H,27,28). The maximum Gasteiger partial charge on any atom is 0.248 e. The van der Waals surface area contributed by atoms with Gasteiger partial charge in [0.1, 0.15) is 22.6 Å². The lowest BCUT2D eigenvalue weighted by atomic mass is 9.86. The molecule has 6 aromatic rings. The van der Waals surface area contributed by atoms with E-state index in [4.69, 9.17) is 23.5 Å². The Kier molecular flexibility index (Phi) is 4.74. The summed E-state index contributed by atoms with van der Waals surface area (Å²) in [7, 11) is 0. The molecular formula is C23H17N7O2S3. The van der Waals surface area contributed by atoms with Gasteiger partial charge in [0, 0.05) is 35.5 Å². The minimum Gasteiger partial charge on any atom is -0.466 e. The van der Waals surface area contributed by atoms with Gasteiger partial charge < -0.3 is 19.0 Å². The summed E-state index contributed by atoms with van der Waals surface area (Å²) >= 11 is 4.51. The van der Waals surface area contributed by atoms with Crippen molar-refractivity contribution >= 4 is 39.2 Å². The molecule has 7 rings (SSSR count). The molecule has 1 aliphatic heterocycles. The minimum atomic E-state index is -1.22. The number of aromatic nitrogens is 6. The Hall–Kier alpha value is -3.58. The predicted octanol–water partition coefficient (Wildman–Crippen LogP) is 5.12. The average Bonchev–Trinajstić information content (AvgIpc) is 3.71. The van der Waals surface area contributed by atoms with Crippen LogP contribution < -0.4 is 4.90 Å². The summed E-state index contributed by atoms with van der Waals surface area (Å²) in [4.78, 5) is 15.1. The third kappa shape index (κ3) is 2.82. The van der Waals surface area contributed by atoms with E-state index in [-0.39, 0.29) is 0 Å². The van der Waals surface area contributed by atoms with Gasteiger partial charge in [-0.25, -0.2) is 9.97 Å². The van der Waals surface area contributed by atoms with Crippen LogP contribution in [0.4, 0.5) is 5.00 Å². The Morgan fingerprint density at radius 2 is 1.97 bits per heavy atom. The van der Waals surface area contributed by atoms with E-state index in [1.54, 1.807) is 53.7 Å². The molecule has 7 heterocycles. The van der Waals surface area contributed by atoms with Crippen molar-refractivity contribution in [2.45, 2.75) is 17.4 Å². The summed E-state index contributed by atoms with van der Waals surface area (Å²) in [5.74, 6) is 1.29. The van der Waals surface area contributed by atoms with Gasteiger partial charge in [0.15, 0.2) is 11.4 Å². The molecule has 1 aliphatic rings. The number of hydrogen-bond donors (Lipinski definition) is 2. The van der Waals surface area contributed by atoms with Crippen molar-refractivity contribution < 1.29 is 9.15 Å². The minimum absolute atomic E-state index is 0.601. The Morgan fingerprint density at radius 1 is 0.971 bits per heavy atom. The number of aromatic amines is 2. The number of imidazole rings is 1. The lowest BCUT2D eigenvalue weighted by Gasteiger charge is -2.42. The summed E-state index contributed by atoms with van der Waals surface area (Å²) in [5.41, 5.74) is -0.740. The predicted molar refractivity (Wildman–Crippen MR) is 132 cm³/mol. The molecule has 0 spiro atoms. The Labute approximate surface area is 211 Å². The van der Waals surface area contributed by atoms with Crippen LogP contribution >= 0.6 is 34.2 Å². The fourth-order valence-electron chi connectivity index (χ4n) is 4.86. The first-order valence-corrected chi connectivity index (χ1v) is 13.3. The molecule has 0 bridgehead atoms. The second kappa shape index (κ2) is 7.99. The molecule has 1 saturated heterocycles. The van der Waals surface area contributed by atoms with Gasteiger partial charge in [-0.2, -0.15) is 9.47 Å². The number of anilines is 1. The number of thiazole rings is 1. The number of ether oxygens (including phenoxy) is 1.